The molecule has 4 aliphatic carbocycles. The summed E-state index contributed by atoms with van der Waals surface area (Å²) in [5, 5.41) is 12.5. The molecular weight excluding hydrogens is 575 g/mol. The lowest BCUT2D eigenvalue weighted by Gasteiger charge is -2.67. The minimum atomic E-state index is -2.18. The molecule has 9 unspecified atom stereocenters. The molecule has 0 amide bonds. The molecule has 0 bridgehead atoms. The number of halogens is 4. The number of hydrogen-bond acceptors (Lipinski definition) is 5. The number of benzene rings is 1. The first-order valence-electron chi connectivity index (χ1n) is 13.9. The van der Waals surface area contributed by atoms with Crippen LogP contribution in [0.5, 0.6) is 0 Å². The predicted octanol–water partition coefficient (Wildman–Crippen LogP) is 6.53. The van der Waals surface area contributed by atoms with E-state index in [0.717, 1.165) is 17.3 Å². The number of fused-ring (bicyclic) bond motifs is 7. The Bertz CT molecular complexity index is 1340. The first-order chi connectivity index (χ1) is 18.8. The Balaban J connectivity index is 1.44. The van der Waals surface area contributed by atoms with E-state index in [0.29, 0.717) is 31.1 Å². The van der Waals surface area contributed by atoms with E-state index >= 15 is 8.78 Å². The minimum Gasteiger partial charge on any atom is -0.390 e. The summed E-state index contributed by atoms with van der Waals surface area (Å²) in [6, 6.07) is 7.66. The lowest BCUT2D eigenvalue weighted by atomic mass is 9.39. The molecule has 0 aromatic heterocycles. The Morgan fingerprint density at radius 3 is 2.70 bits per heavy atom. The van der Waals surface area contributed by atoms with Gasteiger partial charge in [0.25, 0.3) is 0 Å². The molecule has 1 aromatic rings. The first kappa shape index (κ1) is 28.9. The fraction of sp³-hybridized carbons (Fsp3) is 0.613. The smallest absolute Gasteiger partial charge is 0.198 e. The molecule has 4 fully saturated rings. The maximum absolute atomic E-state index is 17.8. The van der Waals surface area contributed by atoms with E-state index in [1.807, 2.05) is 38.1 Å². The Labute approximate surface area is 248 Å². The molecular formula is C31H35Cl2F2NO3S. The summed E-state index contributed by atoms with van der Waals surface area (Å²) in [7, 11) is 0. The highest BCUT2D eigenvalue weighted by molar-refractivity contribution is 8.14. The standard InChI is InChI=1S/C31H35Cl2F2NO3S/c1-27-8-7-21(37)10-22(27)23(34)11-24-28(2)12-19-15-36(14-18-5-4-6-20(33)9-18)16-30(19,26(39)40-17-32)29(28,3)13-25(38)31(24,27)35/h4-10,19,23-25,38H,11-17H2,1-3H3. The lowest BCUT2D eigenvalue weighted by molar-refractivity contribution is -0.241. The van der Waals surface area contributed by atoms with E-state index < -0.39 is 45.5 Å². The number of aliphatic hydroxyl groups excluding tert-OH is 1. The maximum Gasteiger partial charge on any atom is 0.198 e. The van der Waals surface area contributed by atoms with Gasteiger partial charge in [-0.3, -0.25) is 14.5 Å². The van der Waals surface area contributed by atoms with Crippen LogP contribution >= 0.6 is 35.0 Å². The van der Waals surface area contributed by atoms with Gasteiger partial charge in [0.1, 0.15) is 6.17 Å². The van der Waals surface area contributed by atoms with Crippen molar-refractivity contribution in [3.05, 3.63) is 58.7 Å². The van der Waals surface area contributed by atoms with E-state index in [2.05, 4.69) is 4.90 Å². The van der Waals surface area contributed by atoms with Crippen LogP contribution in [0.25, 0.3) is 0 Å². The summed E-state index contributed by atoms with van der Waals surface area (Å²) in [6.07, 6.45) is 1.49. The molecule has 9 heteroatoms. The number of hydrogen-bond donors (Lipinski definition) is 1. The minimum absolute atomic E-state index is 0.0339. The number of ketones is 1. The molecule has 1 aliphatic heterocycles. The Kier molecular flexibility index (Phi) is 6.76. The van der Waals surface area contributed by atoms with E-state index in [1.54, 1.807) is 6.92 Å². The van der Waals surface area contributed by atoms with Gasteiger partial charge in [0, 0.05) is 36.0 Å². The Hall–Kier alpha value is -1.25. The van der Waals surface area contributed by atoms with Gasteiger partial charge in [-0.15, -0.1) is 11.6 Å². The zero-order valence-corrected chi connectivity index (χ0v) is 25.3. The molecule has 1 heterocycles. The van der Waals surface area contributed by atoms with Crippen LogP contribution in [0.15, 0.2) is 48.1 Å². The second kappa shape index (κ2) is 9.37. The van der Waals surface area contributed by atoms with Gasteiger partial charge in [-0.1, -0.05) is 55.4 Å². The summed E-state index contributed by atoms with van der Waals surface area (Å²) in [5.74, 6) is -1.32. The number of alkyl halides is 3. The molecule has 6 rings (SSSR count). The quantitative estimate of drug-likeness (QED) is 0.393. The largest absolute Gasteiger partial charge is 0.390 e. The van der Waals surface area contributed by atoms with Crippen molar-refractivity contribution in [1.82, 2.24) is 4.90 Å². The molecule has 5 aliphatic rings. The molecule has 9 atom stereocenters. The molecule has 1 saturated heterocycles. The molecule has 0 spiro atoms. The zero-order chi connectivity index (χ0) is 28.9. The van der Waals surface area contributed by atoms with Crippen LogP contribution in [-0.2, 0) is 16.1 Å². The third-order valence-electron chi connectivity index (χ3n) is 11.8. The Morgan fingerprint density at radius 1 is 1.25 bits per heavy atom. The van der Waals surface area contributed by atoms with Crippen LogP contribution in [0.1, 0.15) is 45.6 Å². The second-order valence-corrected chi connectivity index (χ2v) is 15.2. The van der Waals surface area contributed by atoms with Crippen LogP contribution in [0.3, 0.4) is 0 Å². The maximum atomic E-state index is 17.8. The molecule has 1 N–H and O–H groups in total. The SMILES string of the molecule is CC12C=CC(=O)C=C1C(F)CC1C3(C)CC4CN(Cc5cccc(Cl)c5)CC4(C(=O)SCCl)C3(C)CC(O)C12F. The van der Waals surface area contributed by atoms with Crippen molar-refractivity contribution in [3.8, 4) is 0 Å². The van der Waals surface area contributed by atoms with E-state index in [-0.39, 0.29) is 40.4 Å². The van der Waals surface area contributed by atoms with Crippen molar-refractivity contribution in [1.29, 1.82) is 0 Å². The molecule has 1 aromatic carbocycles. The van der Waals surface area contributed by atoms with Crippen molar-refractivity contribution in [2.24, 2.45) is 33.5 Å². The summed E-state index contributed by atoms with van der Waals surface area (Å²) < 4.78 is 33.7. The van der Waals surface area contributed by atoms with Crippen molar-refractivity contribution < 1.29 is 23.5 Å². The number of nitrogens with zero attached hydrogens (tertiary/aromatic N) is 1. The van der Waals surface area contributed by atoms with Crippen molar-refractivity contribution in [3.63, 3.8) is 0 Å². The average molecular weight is 611 g/mol. The number of rotatable bonds is 4. The third kappa shape index (κ3) is 3.51. The van der Waals surface area contributed by atoms with Crippen LogP contribution in [0.2, 0.25) is 5.02 Å². The molecule has 40 heavy (non-hydrogen) atoms. The van der Waals surface area contributed by atoms with E-state index in [9.17, 15) is 14.7 Å². The van der Waals surface area contributed by atoms with Gasteiger partial charge in [-0.2, -0.15) is 0 Å². The summed E-state index contributed by atoms with van der Waals surface area (Å²) in [4.78, 5) is 28.6. The first-order valence-corrected chi connectivity index (χ1v) is 15.8. The number of carbonyl (C=O) groups is 2. The molecule has 4 nitrogen and oxygen atoms in total. The normalized spacial score (nSPS) is 45.9. The monoisotopic (exact) mass is 609 g/mol. The van der Waals surface area contributed by atoms with Gasteiger partial charge in [0.15, 0.2) is 16.6 Å². The molecule has 0 radical (unpaired) electrons. The van der Waals surface area contributed by atoms with E-state index in [4.69, 9.17) is 23.2 Å². The summed E-state index contributed by atoms with van der Waals surface area (Å²) in [6.45, 7) is 7.34. The van der Waals surface area contributed by atoms with Crippen LogP contribution in [-0.4, -0.2) is 57.2 Å². The van der Waals surface area contributed by atoms with Crippen molar-refractivity contribution >= 4 is 45.9 Å². The average Bonchev–Trinajstić information content (AvgIpc) is 3.33. The zero-order valence-electron chi connectivity index (χ0n) is 22.9. The third-order valence-corrected chi connectivity index (χ3v) is 13.1. The number of allylic oxidation sites excluding steroid dienone is 4. The molecule has 216 valence electrons. The van der Waals surface area contributed by atoms with Gasteiger partial charge in [-0.05, 0) is 78.4 Å². The van der Waals surface area contributed by atoms with Gasteiger partial charge in [0.05, 0.1) is 16.7 Å². The number of thioether (sulfide) groups is 1. The van der Waals surface area contributed by atoms with Crippen LogP contribution < -0.4 is 0 Å². The molecule has 3 saturated carbocycles. The summed E-state index contributed by atoms with van der Waals surface area (Å²) >= 11 is 13.4. The van der Waals surface area contributed by atoms with Crippen molar-refractivity contribution in [2.45, 2.75) is 64.5 Å². The van der Waals surface area contributed by atoms with Crippen molar-refractivity contribution in [2.75, 3.05) is 18.3 Å². The van der Waals surface area contributed by atoms with Gasteiger partial charge in [0.2, 0.25) is 0 Å². The van der Waals surface area contributed by atoms with Gasteiger partial charge >= 0.3 is 0 Å². The van der Waals surface area contributed by atoms with Crippen LogP contribution in [0.4, 0.5) is 8.78 Å². The predicted molar refractivity (Wildman–Crippen MR) is 155 cm³/mol. The van der Waals surface area contributed by atoms with Gasteiger partial charge < -0.3 is 5.11 Å². The number of carbonyl (C=O) groups excluding carboxylic acids is 2. The highest BCUT2D eigenvalue weighted by Gasteiger charge is 2.82. The fourth-order valence-corrected chi connectivity index (χ4v) is 11.2. The summed E-state index contributed by atoms with van der Waals surface area (Å²) in [5.41, 5.74) is -4.96. The number of aliphatic hydroxyl groups is 1. The second-order valence-electron chi connectivity index (χ2n) is 13.2. The fourth-order valence-electron chi connectivity index (χ4n) is 9.88. The van der Waals surface area contributed by atoms with Crippen LogP contribution in [0, 0.1) is 33.5 Å². The lowest BCUT2D eigenvalue weighted by Crippen LogP contribution is -2.72. The highest BCUT2D eigenvalue weighted by atomic mass is 35.5. The Morgan fingerprint density at radius 2 is 2.00 bits per heavy atom. The van der Waals surface area contributed by atoms with Gasteiger partial charge in [-0.25, -0.2) is 8.78 Å². The topological polar surface area (TPSA) is 57.6 Å². The number of likely N-dealkylation sites (tertiary alicyclic amines) is 1. The van der Waals surface area contributed by atoms with E-state index in [1.165, 1.54) is 18.2 Å². The highest BCUT2D eigenvalue weighted by Crippen LogP contribution is 2.79.